The number of rotatable bonds is 4. The van der Waals surface area contributed by atoms with Crippen LogP contribution in [-0.2, 0) is 11.2 Å². The van der Waals surface area contributed by atoms with E-state index < -0.39 is 0 Å². The highest BCUT2D eigenvalue weighted by Gasteiger charge is 2.12. The summed E-state index contributed by atoms with van der Waals surface area (Å²) in [6.45, 7) is 1.82. The van der Waals surface area contributed by atoms with Gasteiger partial charge in [0.05, 0.1) is 17.8 Å². The molecule has 3 aromatic rings. The first-order chi connectivity index (χ1) is 11.5. The van der Waals surface area contributed by atoms with Gasteiger partial charge in [-0.1, -0.05) is 29.8 Å². The number of nitrogens with zero attached hydrogens (tertiary/aromatic N) is 2. The van der Waals surface area contributed by atoms with Gasteiger partial charge in [-0.15, -0.1) is 0 Å². The first-order valence-electron chi connectivity index (χ1n) is 7.39. The van der Waals surface area contributed by atoms with Gasteiger partial charge in [-0.2, -0.15) is 5.10 Å². The number of hydrogen-bond donors (Lipinski definition) is 1. The van der Waals surface area contributed by atoms with Crippen molar-refractivity contribution < 1.29 is 9.18 Å². The molecule has 0 unspecified atom stereocenters. The summed E-state index contributed by atoms with van der Waals surface area (Å²) < 4.78 is 14.7. The first kappa shape index (κ1) is 16.2. The molecule has 0 saturated carbocycles. The second-order valence-electron chi connectivity index (χ2n) is 5.38. The van der Waals surface area contributed by atoms with Crippen molar-refractivity contribution in [2.45, 2.75) is 13.3 Å². The zero-order valence-corrected chi connectivity index (χ0v) is 13.7. The van der Waals surface area contributed by atoms with Gasteiger partial charge < -0.3 is 5.32 Å². The lowest BCUT2D eigenvalue weighted by atomic mass is 10.1. The van der Waals surface area contributed by atoms with Crippen molar-refractivity contribution in [3.8, 4) is 5.69 Å². The lowest BCUT2D eigenvalue weighted by molar-refractivity contribution is -0.115. The molecule has 0 atom stereocenters. The molecule has 0 bridgehead atoms. The molecule has 0 aliphatic heterocycles. The molecule has 1 N–H and O–H groups in total. The molecule has 1 amide bonds. The molecule has 0 aliphatic carbocycles. The molecule has 0 aliphatic rings. The van der Waals surface area contributed by atoms with E-state index in [2.05, 4.69) is 10.4 Å². The summed E-state index contributed by atoms with van der Waals surface area (Å²) in [5, 5.41) is 7.72. The summed E-state index contributed by atoms with van der Waals surface area (Å²) in [6.07, 6.45) is 0.160. The number of carbonyl (C=O) groups is 1. The fourth-order valence-electron chi connectivity index (χ4n) is 2.37. The van der Waals surface area contributed by atoms with Gasteiger partial charge in [0.15, 0.2) is 0 Å². The molecule has 0 saturated heterocycles. The fourth-order valence-corrected chi connectivity index (χ4v) is 2.57. The molecular formula is C18H15ClFN3O. The smallest absolute Gasteiger partial charge is 0.230 e. The van der Waals surface area contributed by atoms with E-state index in [1.54, 1.807) is 28.9 Å². The van der Waals surface area contributed by atoms with Crippen LogP contribution in [0.5, 0.6) is 0 Å². The largest absolute Gasteiger partial charge is 0.310 e. The predicted octanol–water partition coefficient (Wildman–Crippen LogP) is 4.15. The summed E-state index contributed by atoms with van der Waals surface area (Å²) in [5.41, 5.74) is 2.16. The fraction of sp³-hybridized carbons (Fsp3) is 0.111. The Morgan fingerprint density at radius 3 is 2.62 bits per heavy atom. The Balaban J connectivity index is 1.81. The maximum Gasteiger partial charge on any atom is 0.230 e. The highest BCUT2D eigenvalue weighted by molar-refractivity contribution is 6.31. The minimum atomic E-state index is -0.327. The maximum atomic E-state index is 13.1. The number of benzene rings is 2. The van der Waals surface area contributed by atoms with Crippen LogP contribution in [0.25, 0.3) is 5.69 Å². The molecule has 0 spiro atoms. The lowest BCUT2D eigenvalue weighted by Crippen LogP contribution is -2.17. The van der Waals surface area contributed by atoms with E-state index in [4.69, 9.17) is 11.6 Å². The zero-order chi connectivity index (χ0) is 17.1. The Hall–Kier alpha value is -2.66. The summed E-state index contributed by atoms with van der Waals surface area (Å²) in [4.78, 5) is 12.3. The number of halogens is 2. The van der Waals surface area contributed by atoms with Crippen LogP contribution >= 0.6 is 11.6 Å². The van der Waals surface area contributed by atoms with Gasteiger partial charge in [0.1, 0.15) is 11.6 Å². The molecule has 6 heteroatoms. The van der Waals surface area contributed by atoms with E-state index in [0.29, 0.717) is 16.5 Å². The number of aryl methyl sites for hydroxylation is 1. The van der Waals surface area contributed by atoms with Crippen LogP contribution in [0.2, 0.25) is 5.02 Å². The van der Waals surface area contributed by atoms with Gasteiger partial charge >= 0.3 is 0 Å². The highest BCUT2D eigenvalue weighted by Crippen LogP contribution is 2.19. The normalized spacial score (nSPS) is 10.6. The van der Waals surface area contributed by atoms with Gasteiger partial charge in [-0.25, -0.2) is 9.07 Å². The van der Waals surface area contributed by atoms with Crippen LogP contribution in [-0.4, -0.2) is 15.7 Å². The van der Waals surface area contributed by atoms with Gasteiger partial charge in [0.2, 0.25) is 5.91 Å². The van der Waals surface area contributed by atoms with Gasteiger partial charge in [-0.3, -0.25) is 4.79 Å². The summed E-state index contributed by atoms with van der Waals surface area (Å²) in [5.74, 6) is -0.00513. The van der Waals surface area contributed by atoms with E-state index in [-0.39, 0.29) is 18.1 Å². The minimum Gasteiger partial charge on any atom is -0.310 e. The molecule has 4 nitrogen and oxygen atoms in total. The number of amides is 1. The van der Waals surface area contributed by atoms with Crippen LogP contribution in [0, 0.1) is 12.7 Å². The summed E-state index contributed by atoms with van der Waals surface area (Å²) in [7, 11) is 0. The highest BCUT2D eigenvalue weighted by atomic mass is 35.5. The number of hydrogen-bond acceptors (Lipinski definition) is 2. The second-order valence-corrected chi connectivity index (χ2v) is 5.78. The Bertz CT molecular complexity index is 874. The third-order valence-corrected chi connectivity index (χ3v) is 3.85. The average molecular weight is 344 g/mol. The van der Waals surface area contributed by atoms with Crippen LogP contribution < -0.4 is 5.32 Å². The first-order valence-corrected chi connectivity index (χ1v) is 7.76. The van der Waals surface area contributed by atoms with E-state index in [0.717, 1.165) is 11.3 Å². The lowest BCUT2D eigenvalue weighted by Gasteiger charge is -2.09. The molecule has 1 aromatic heterocycles. The van der Waals surface area contributed by atoms with E-state index >= 15 is 0 Å². The monoisotopic (exact) mass is 343 g/mol. The predicted molar refractivity (Wildman–Crippen MR) is 92.0 cm³/mol. The van der Waals surface area contributed by atoms with Crippen molar-refractivity contribution in [2.24, 2.45) is 0 Å². The molecule has 1 heterocycles. The zero-order valence-electron chi connectivity index (χ0n) is 13.0. The molecule has 0 fully saturated rings. The van der Waals surface area contributed by atoms with Crippen molar-refractivity contribution >= 4 is 23.3 Å². The molecular weight excluding hydrogens is 329 g/mol. The van der Waals surface area contributed by atoms with E-state index in [1.165, 1.54) is 12.1 Å². The SMILES string of the molecule is Cc1cc(NC(=O)Cc2ccccc2Cl)n(-c2ccc(F)cc2)n1. The topological polar surface area (TPSA) is 46.9 Å². The number of anilines is 1. The summed E-state index contributed by atoms with van der Waals surface area (Å²) in [6, 6.07) is 14.9. The van der Waals surface area contributed by atoms with E-state index in [1.807, 2.05) is 25.1 Å². The Labute approximate surface area is 143 Å². The second kappa shape index (κ2) is 6.84. The number of carbonyl (C=O) groups excluding carboxylic acids is 1. The van der Waals surface area contributed by atoms with Crippen LogP contribution in [0.15, 0.2) is 54.6 Å². The molecule has 24 heavy (non-hydrogen) atoms. The van der Waals surface area contributed by atoms with Crippen LogP contribution in [0.3, 0.4) is 0 Å². The van der Waals surface area contributed by atoms with Crippen LogP contribution in [0.1, 0.15) is 11.3 Å². The van der Waals surface area contributed by atoms with Gasteiger partial charge in [-0.05, 0) is 42.8 Å². The Morgan fingerprint density at radius 2 is 1.92 bits per heavy atom. The van der Waals surface area contributed by atoms with Crippen molar-refractivity contribution in [1.82, 2.24) is 9.78 Å². The Kier molecular flexibility index (Phi) is 4.62. The Morgan fingerprint density at radius 1 is 1.21 bits per heavy atom. The molecule has 2 aromatic carbocycles. The molecule has 122 valence electrons. The standard InChI is InChI=1S/C18H15ClFN3O/c1-12-10-17(23(22-12)15-8-6-14(20)7-9-15)21-18(24)11-13-4-2-3-5-16(13)19/h2-10H,11H2,1H3,(H,21,24). The van der Waals surface area contributed by atoms with Crippen molar-refractivity contribution in [3.63, 3.8) is 0 Å². The number of nitrogens with one attached hydrogen (secondary N) is 1. The summed E-state index contributed by atoms with van der Waals surface area (Å²) >= 11 is 6.08. The van der Waals surface area contributed by atoms with E-state index in [9.17, 15) is 9.18 Å². The van der Waals surface area contributed by atoms with Gasteiger partial charge in [0.25, 0.3) is 0 Å². The average Bonchev–Trinajstić information content (AvgIpc) is 2.90. The maximum absolute atomic E-state index is 13.1. The van der Waals surface area contributed by atoms with Crippen molar-refractivity contribution in [1.29, 1.82) is 0 Å². The van der Waals surface area contributed by atoms with Crippen molar-refractivity contribution in [2.75, 3.05) is 5.32 Å². The molecule has 0 radical (unpaired) electrons. The van der Waals surface area contributed by atoms with Crippen LogP contribution in [0.4, 0.5) is 10.2 Å². The third-order valence-electron chi connectivity index (χ3n) is 3.48. The third kappa shape index (κ3) is 3.63. The quantitative estimate of drug-likeness (QED) is 0.773. The number of aromatic nitrogens is 2. The molecule has 3 rings (SSSR count). The van der Waals surface area contributed by atoms with Crippen molar-refractivity contribution in [3.05, 3.63) is 76.7 Å². The van der Waals surface area contributed by atoms with Gasteiger partial charge in [0, 0.05) is 11.1 Å². The minimum absolute atomic E-state index is 0.160.